The molecule has 2 rings (SSSR count). The van der Waals surface area contributed by atoms with E-state index in [-0.39, 0.29) is 5.91 Å². The smallest absolute Gasteiger partial charge is 0.328 e. The normalized spacial score (nSPS) is 16.2. The van der Waals surface area contributed by atoms with Crippen molar-refractivity contribution in [3.8, 4) is 0 Å². The van der Waals surface area contributed by atoms with Crippen LogP contribution in [0.25, 0.3) is 0 Å². The van der Waals surface area contributed by atoms with E-state index >= 15 is 0 Å². The van der Waals surface area contributed by atoms with Gasteiger partial charge in [-0.1, -0.05) is 0 Å². The molecule has 17 heavy (non-hydrogen) atoms. The Morgan fingerprint density at radius 2 is 2.35 bits per heavy atom. The number of anilines is 1. The molecule has 2 heterocycles. The second-order valence-corrected chi connectivity index (χ2v) is 3.89. The van der Waals surface area contributed by atoms with Crippen LogP contribution in [0.5, 0.6) is 0 Å². The molecular formula is C10H14N4O3. The van der Waals surface area contributed by atoms with Crippen molar-refractivity contribution in [3.63, 3.8) is 0 Å². The molecule has 0 unspecified atom stereocenters. The van der Waals surface area contributed by atoms with E-state index in [1.165, 1.54) is 18.0 Å². The molecule has 92 valence electrons. The molecule has 0 spiro atoms. The van der Waals surface area contributed by atoms with Gasteiger partial charge < -0.3 is 19.5 Å². The predicted molar refractivity (Wildman–Crippen MR) is 59.7 cm³/mol. The summed E-state index contributed by atoms with van der Waals surface area (Å²) in [6, 6.07) is -0.575. The van der Waals surface area contributed by atoms with E-state index in [0.717, 1.165) is 0 Å². The van der Waals surface area contributed by atoms with Gasteiger partial charge in [-0.25, -0.2) is 9.78 Å². The Hall–Kier alpha value is -2.05. The molecule has 1 aliphatic heterocycles. The Morgan fingerprint density at radius 1 is 1.65 bits per heavy atom. The minimum Gasteiger partial charge on any atom is -0.467 e. The largest absolute Gasteiger partial charge is 0.467 e. The summed E-state index contributed by atoms with van der Waals surface area (Å²) in [6.45, 7) is 2.07. The first-order chi connectivity index (χ1) is 8.06. The number of hydrogen-bond donors (Lipinski definition) is 1. The summed E-state index contributed by atoms with van der Waals surface area (Å²) >= 11 is 0. The van der Waals surface area contributed by atoms with Crippen LogP contribution in [0.1, 0.15) is 23.5 Å². The topological polar surface area (TPSA) is 76.5 Å². The van der Waals surface area contributed by atoms with E-state index in [4.69, 9.17) is 0 Å². The summed E-state index contributed by atoms with van der Waals surface area (Å²) in [5, 5.41) is 2.70. The highest BCUT2D eigenvalue weighted by atomic mass is 16.5. The highest BCUT2D eigenvalue weighted by Gasteiger charge is 2.29. The monoisotopic (exact) mass is 238 g/mol. The average Bonchev–Trinajstić information content (AvgIpc) is 2.77. The number of nitrogens with zero attached hydrogens (tertiary/aromatic N) is 3. The molecule has 1 aliphatic rings. The number of amides is 1. The lowest BCUT2D eigenvalue weighted by Crippen LogP contribution is -2.42. The molecule has 1 aromatic rings. The molecule has 1 atom stereocenters. The predicted octanol–water partition coefficient (Wildman–Crippen LogP) is -0.246. The quantitative estimate of drug-likeness (QED) is 0.719. The van der Waals surface area contributed by atoms with Crippen molar-refractivity contribution in [2.24, 2.45) is 0 Å². The summed E-state index contributed by atoms with van der Waals surface area (Å²) in [6.07, 6.45) is 1.48. The number of ether oxygens (including phenoxy) is 1. The van der Waals surface area contributed by atoms with E-state index < -0.39 is 12.0 Å². The maximum atomic E-state index is 11.8. The minimum atomic E-state index is -0.575. The number of carbonyl (C=O) groups is 2. The van der Waals surface area contributed by atoms with Crippen molar-refractivity contribution >= 4 is 17.7 Å². The third kappa shape index (κ3) is 1.73. The number of rotatable bonds is 2. The molecule has 1 aromatic heterocycles. The standard InChI is InChI=1S/C10H14N4O3/c1-6(10(16)17-3)14-5-11-8-7(14)9(15)12-4-13(8)2/h5-6H,4H2,1-3H3,(H,12,15)/t6-/m0/s1. The number of esters is 1. The summed E-state index contributed by atoms with van der Waals surface area (Å²) < 4.78 is 6.18. The van der Waals surface area contributed by atoms with Crippen LogP contribution in [0.15, 0.2) is 6.33 Å². The van der Waals surface area contributed by atoms with Gasteiger partial charge in [0.1, 0.15) is 6.04 Å². The van der Waals surface area contributed by atoms with Gasteiger partial charge in [0.2, 0.25) is 0 Å². The maximum absolute atomic E-state index is 11.8. The number of carbonyl (C=O) groups excluding carboxylic acids is 2. The highest BCUT2D eigenvalue weighted by Crippen LogP contribution is 2.23. The van der Waals surface area contributed by atoms with Gasteiger partial charge in [0, 0.05) is 7.05 Å². The number of aromatic nitrogens is 2. The lowest BCUT2D eigenvalue weighted by Gasteiger charge is -2.25. The summed E-state index contributed by atoms with van der Waals surface area (Å²) in [4.78, 5) is 29.2. The van der Waals surface area contributed by atoms with Crippen LogP contribution in [0.4, 0.5) is 5.82 Å². The van der Waals surface area contributed by atoms with Crippen LogP contribution < -0.4 is 10.2 Å². The Labute approximate surface area is 98.4 Å². The van der Waals surface area contributed by atoms with Gasteiger partial charge >= 0.3 is 5.97 Å². The van der Waals surface area contributed by atoms with Crippen LogP contribution in [-0.2, 0) is 9.53 Å². The van der Waals surface area contributed by atoms with Crippen LogP contribution in [-0.4, -0.2) is 42.3 Å². The van der Waals surface area contributed by atoms with Gasteiger partial charge in [-0.2, -0.15) is 0 Å². The number of nitrogens with one attached hydrogen (secondary N) is 1. The molecule has 0 aliphatic carbocycles. The van der Waals surface area contributed by atoms with Crippen LogP contribution in [0.2, 0.25) is 0 Å². The van der Waals surface area contributed by atoms with E-state index in [9.17, 15) is 9.59 Å². The zero-order valence-electron chi connectivity index (χ0n) is 9.93. The molecule has 1 N–H and O–H groups in total. The molecular weight excluding hydrogens is 224 g/mol. The van der Waals surface area contributed by atoms with Crippen molar-refractivity contribution in [3.05, 3.63) is 12.0 Å². The van der Waals surface area contributed by atoms with Crippen LogP contribution >= 0.6 is 0 Å². The second-order valence-electron chi connectivity index (χ2n) is 3.89. The zero-order chi connectivity index (χ0) is 12.6. The first kappa shape index (κ1) is 11.4. The van der Waals surface area contributed by atoms with Gasteiger partial charge in [-0.05, 0) is 6.92 Å². The molecule has 0 radical (unpaired) electrons. The second kappa shape index (κ2) is 4.08. The number of methoxy groups -OCH3 is 1. The lowest BCUT2D eigenvalue weighted by molar-refractivity contribution is -0.144. The lowest BCUT2D eigenvalue weighted by atomic mass is 10.2. The first-order valence-electron chi connectivity index (χ1n) is 5.20. The van der Waals surface area contributed by atoms with Crippen molar-refractivity contribution in [2.75, 3.05) is 25.7 Å². The molecule has 0 aromatic carbocycles. The van der Waals surface area contributed by atoms with E-state index in [0.29, 0.717) is 18.2 Å². The number of imidazole rings is 1. The molecule has 0 saturated heterocycles. The Kier molecular flexibility index (Phi) is 2.74. The van der Waals surface area contributed by atoms with Gasteiger partial charge in [-0.15, -0.1) is 0 Å². The third-order valence-corrected chi connectivity index (χ3v) is 2.79. The zero-order valence-corrected chi connectivity index (χ0v) is 9.93. The van der Waals surface area contributed by atoms with E-state index in [1.807, 2.05) is 7.05 Å². The van der Waals surface area contributed by atoms with E-state index in [1.54, 1.807) is 11.8 Å². The fourth-order valence-electron chi connectivity index (χ4n) is 1.78. The van der Waals surface area contributed by atoms with Crippen molar-refractivity contribution < 1.29 is 14.3 Å². The minimum absolute atomic E-state index is 0.230. The number of hydrogen-bond acceptors (Lipinski definition) is 5. The Balaban J connectivity index is 2.44. The molecule has 7 nitrogen and oxygen atoms in total. The Morgan fingerprint density at radius 3 is 3.00 bits per heavy atom. The van der Waals surface area contributed by atoms with Crippen molar-refractivity contribution in [1.82, 2.24) is 14.9 Å². The SMILES string of the molecule is COC(=O)[C@H](C)n1cnc2c1C(=O)NCN2C. The first-order valence-corrected chi connectivity index (χ1v) is 5.20. The molecule has 0 saturated carbocycles. The fourth-order valence-corrected chi connectivity index (χ4v) is 1.78. The molecule has 0 bridgehead atoms. The summed E-state index contributed by atoms with van der Waals surface area (Å²) in [5.74, 6) is -0.0675. The Bertz CT molecular complexity index is 468. The van der Waals surface area contributed by atoms with Gasteiger partial charge in [0.25, 0.3) is 5.91 Å². The van der Waals surface area contributed by atoms with Crippen molar-refractivity contribution in [1.29, 1.82) is 0 Å². The fraction of sp³-hybridized carbons (Fsp3) is 0.500. The van der Waals surface area contributed by atoms with Crippen LogP contribution in [0, 0.1) is 0 Å². The number of fused-ring (bicyclic) bond motifs is 1. The van der Waals surface area contributed by atoms with Gasteiger partial charge in [0.15, 0.2) is 11.5 Å². The molecule has 1 amide bonds. The molecule has 0 fully saturated rings. The average molecular weight is 238 g/mol. The van der Waals surface area contributed by atoms with Crippen molar-refractivity contribution in [2.45, 2.75) is 13.0 Å². The highest BCUT2D eigenvalue weighted by molar-refractivity contribution is 5.99. The maximum Gasteiger partial charge on any atom is 0.328 e. The summed E-state index contributed by atoms with van der Waals surface area (Å²) in [5.41, 5.74) is 0.386. The van der Waals surface area contributed by atoms with E-state index in [2.05, 4.69) is 15.0 Å². The van der Waals surface area contributed by atoms with Gasteiger partial charge in [0.05, 0.1) is 20.1 Å². The molecule has 7 heteroatoms. The van der Waals surface area contributed by atoms with Crippen LogP contribution in [0.3, 0.4) is 0 Å². The third-order valence-electron chi connectivity index (χ3n) is 2.79. The summed E-state index contributed by atoms with van der Waals surface area (Å²) in [7, 11) is 3.13. The van der Waals surface area contributed by atoms with Gasteiger partial charge in [-0.3, -0.25) is 4.79 Å².